The second kappa shape index (κ2) is 4.96. The molecule has 1 nitrogen and oxygen atoms in total. The monoisotopic (exact) mass is 228 g/mol. The number of benzene rings is 1. The molecule has 16 heavy (non-hydrogen) atoms. The van der Waals surface area contributed by atoms with Gasteiger partial charge in [-0.2, -0.15) is 0 Å². The molecule has 0 fully saturated rings. The number of rotatable bonds is 3. The number of carbonyl (C=O) groups excluding carboxylic acids is 1. The van der Waals surface area contributed by atoms with Crippen LogP contribution in [-0.4, -0.2) is 6.29 Å². The van der Waals surface area contributed by atoms with Gasteiger partial charge in [-0.25, -0.2) is 13.2 Å². The molecule has 1 aromatic rings. The van der Waals surface area contributed by atoms with Gasteiger partial charge in [0, 0.05) is 0 Å². The molecule has 0 spiro atoms. The maximum absolute atomic E-state index is 12.9. The highest BCUT2D eigenvalue weighted by Crippen LogP contribution is 2.17. The third-order valence-corrected chi connectivity index (χ3v) is 2.14. The molecule has 0 bridgehead atoms. The highest BCUT2D eigenvalue weighted by atomic mass is 19.2. The normalized spacial score (nSPS) is 12.0. The highest BCUT2D eigenvalue weighted by Gasteiger charge is 2.10. The van der Waals surface area contributed by atoms with Crippen LogP contribution in [-0.2, 0) is 4.79 Å². The molecule has 0 amide bonds. The number of hydrogen-bond donors (Lipinski definition) is 0. The van der Waals surface area contributed by atoms with Crippen molar-refractivity contribution in [1.82, 2.24) is 0 Å². The van der Waals surface area contributed by atoms with Crippen molar-refractivity contribution in [3.63, 3.8) is 0 Å². The van der Waals surface area contributed by atoms with Gasteiger partial charge in [-0.1, -0.05) is 13.8 Å². The van der Waals surface area contributed by atoms with Crippen molar-refractivity contribution in [2.45, 2.75) is 13.8 Å². The fraction of sp³-hybridized carbons (Fsp3) is 0.250. The van der Waals surface area contributed by atoms with E-state index in [1.54, 1.807) is 13.8 Å². The van der Waals surface area contributed by atoms with Crippen LogP contribution in [0, 0.1) is 23.4 Å². The van der Waals surface area contributed by atoms with Gasteiger partial charge in [0.25, 0.3) is 0 Å². The van der Waals surface area contributed by atoms with Crippen LogP contribution in [0.25, 0.3) is 6.08 Å². The van der Waals surface area contributed by atoms with Gasteiger partial charge in [0.15, 0.2) is 17.5 Å². The van der Waals surface area contributed by atoms with E-state index in [1.807, 2.05) is 0 Å². The average molecular weight is 228 g/mol. The van der Waals surface area contributed by atoms with Crippen molar-refractivity contribution in [3.8, 4) is 0 Å². The van der Waals surface area contributed by atoms with Crippen LogP contribution in [0.3, 0.4) is 0 Å². The first-order valence-corrected chi connectivity index (χ1v) is 4.77. The molecule has 1 rings (SSSR count). The fourth-order valence-electron chi connectivity index (χ4n) is 1.19. The molecule has 86 valence electrons. The number of aldehydes is 1. The van der Waals surface area contributed by atoms with Gasteiger partial charge in [0.1, 0.15) is 6.29 Å². The number of halogens is 3. The summed E-state index contributed by atoms with van der Waals surface area (Å²) in [5.74, 6) is -4.09. The molecule has 0 atom stereocenters. The summed E-state index contributed by atoms with van der Waals surface area (Å²) in [5, 5.41) is 0. The summed E-state index contributed by atoms with van der Waals surface area (Å²) in [6.07, 6.45) is 1.95. The van der Waals surface area contributed by atoms with Crippen LogP contribution in [0.2, 0.25) is 0 Å². The van der Waals surface area contributed by atoms with Gasteiger partial charge < -0.3 is 0 Å². The Balaban J connectivity index is 3.20. The van der Waals surface area contributed by atoms with Gasteiger partial charge >= 0.3 is 0 Å². The van der Waals surface area contributed by atoms with Crippen molar-refractivity contribution in [3.05, 3.63) is 40.7 Å². The summed E-state index contributed by atoms with van der Waals surface area (Å²) in [5.41, 5.74) is 0.526. The molecule has 0 N–H and O–H groups in total. The summed E-state index contributed by atoms with van der Waals surface area (Å²) in [6.45, 7) is 3.55. The lowest BCUT2D eigenvalue weighted by atomic mass is 10.0. The minimum atomic E-state index is -1.51. The molecule has 0 heterocycles. The van der Waals surface area contributed by atoms with Gasteiger partial charge in [-0.05, 0) is 35.3 Å². The van der Waals surface area contributed by atoms with Gasteiger partial charge in [0.2, 0.25) is 0 Å². The van der Waals surface area contributed by atoms with Crippen LogP contribution in [0.1, 0.15) is 19.4 Å². The van der Waals surface area contributed by atoms with E-state index in [0.717, 1.165) is 12.1 Å². The van der Waals surface area contributed by atoms with Crippen LogP contribution >= 0.6 is 0 Å². The molecule has 4 heteroatoms. The highest BCUT2D eigenvalue weighted by molar-refractivity contribution is 5.82. The fourth-order valence-corrected chi connectivity index (χ4v) is 1.19. The first kappa shape index (κ1) is 12.5. The van der Waals surface area contributed by atoms with Crippen LogP contribution in [0.15, 0.2) is 17.7 Å². The molecule has 0 saturated carbocycles. The van der Waals surface area contributed by atoms with Gasteiger partial charge in [-0.3, -0.25) is 4.79 Å². The topological polar surface area (TPSA) is 17.1 Å². The summed E-state index contributed by atoms with van der Waals surface area (Å²) in [7, 11) is 0. The molecule has 1 aromatic carbocycles. The second-order valence-corrected chi connectivity index (χ2v) is 3.72. The summed E-state index contributed by atoms with van der Waals surface area (Å²) in [6, 6.07) is 1.70. The SMILES string of the molecule is CC(C)C(C=O)=Cc1cc(F)c(F)c(F)c1. The van der Waals surface area contributed by atoms with E-state index in [1.165, 1.54) is 6.08 Å². The van der Waals surface area contributed by atoms with E-state index in [-0.39, 0.29) is 11.5 Å². The van der Waals surface area contributed by atoms with E-state index in [2.05, 4.69) is 0 Å². The second-order valence-electron chi connectivity index (χ2n) is 3.72. The number of hydrogen-bond acceptors (Lipinski definition) is 1. The molecule has 0 aliphatic heterocycles. The lowest BCUT2D eigenvalue weighted by Crippen LogP contribution is -1.96. The molecule has 0 radical (unpaired) electrons. The molecule has 0 aromatic heterocycles. The van der Waals surface area contributed by atoms with Gasteiger partial charge in [0.05, 0.1) is 0 Å². The Kier molecular flexibility index (Phi) is 3.88. The average Bonchev–Trinajstić information content (AvgIpc) is 2.21. The number of carbonyl (C=O) groups is 1. The van der Waals surface area contributed by atoms with E-state index in [4.69, 9.17) is 0 Å². The molecular formula is C12H11F3O. The zero-order valence-corrected chi connectivity index (χ0v) is 8.93. The molecule has 0 saturated heterocycles. The minimum Gasteiger partial charge on any atom is -0.298 e. The van der Waals surface area contributed by atoms with Crippen molar-refractivity contribution in [2.24, 2.45) is 5.92 Å². The van der Waals surface area contributed by atoms with Crippen LogP contribution in [0.4, 0.5) is 13.2 Å². The third kappa shape index (κ3) is 2.72. The van der Waals surface area contributed by atoms with Crippen molar-refractivity contribution in [1.29, 1.82) is 0 Å². The maximum atomic E-state index is 12.9. The summed E-state index contributed by atoms with van der Waals surface area (Å²) < 4.78 is 38.4. The zero-order valence-electron chi connectivity index (χ0n) is 8.93. The van der Waals surface area contributed by atoms with E-state index in [0.29, 0.717) is 11.9 Å². The lowest BCUT2D eigenvalue weighted by molar-refractivity contribution is -0.105. The lowest BCUT2D eigenvalue weighted by Gasteiger charge is -2.04. The third-order valence-electron chi connectivity index (χ3n) is 2.14. The first-order chi connectivity index (χ1) is 7.45. The van der Waals surface area contributed by atoms with Crippen molar-refractivity contribution < 1.29 is 18.0 Å². The van der Waals surface area contributed by atoms with E-state index < -0.39 is 17.5 Å². The predicted octanol–water partition coefficient (Wildman–Crippen LogP) is 3.34. The van der Waals surface area contributed by atoms with Crippen LogP contribution < -0.4 is 0 Å². The zero-order chi connectivity index (χ0) is 12.3. The number of allylic oxidation sites excluding steroid dienone is 1. The van der Waals surface area contributed by atoms with Crippen molar-refractivity contribution in [2.75, 3.05) is 0 Å². The Morgan fingerprint density at radius 1 is 1.19 bits per heavy atom. The minimum absolute atomic E-state index is 0.0614. The maximum Gasteiger partial charge on any atom is 0.194 e. The van der Waals surface area contributed by atoms with Gasteiger partial charge in [-0.15, -0.1) is 0 Å². The molecular weight excluding hydrogens is 217 g/mol. The smallest absolute Gasteiger partial charge is 0.194 e. The molecule has 0 aliphatic rings. The van der Waals surface area contributed by atoms with E-state index in [9.17, 15) is 18.0 Å². The molecule has 0 aliphatic carbocycles. The quantitative estimate of drug-likeness (QED) is 0.440. The predicted molar refractivity (Wildman–Crippen MR) is 55.2 cm³/mol. The Morgan fingerprint density at radius 2 is 1.69 bits per heavy atom. The van der Waals surface area contributed by atoms with E-state index >= 15 is 0 Å². The van der Waals surface area contributed by atoms with Crippen LogP contribution in [0.5, 0.6) is 0 Å². The Morgan fingerprint density at radius 3 is 2.06 bits per heavy atom. The standard InChI is InChI=1S/C12H11F3O/c1-7(2)9(6-16)3-8-4-10(13)12(15)11(14)5-8/h3-7H,1-2H3. The summed E-state index contributed by atoms with van der Waals surface area (Å²) >= 11 is 0. The Labute approximate surface area is 91.6 Å². The first-order valence-electron chi connectivity index (χ1n) is 4.77. The molecule has 0 unspecified atom stereocenters. The Hall–Kier alpha value is -1.58. The Bertz CT molecular complexity index is 413. The largest absolute Gasteiger partial charge is 0.298 e. The van der Waals surface area contributed by atoms with Crippen molar-refractivity contribution >= 4 is 12.4 Å². The summed E-state index contributed by atoms with van der Waals surface area (Å²) in [4.78, 5) is 10.7.